The zero-order chi connectivity index (χ0) is 21.0. The second-order valence-corrected chi connectivity index (χ2v) is 7.98. The Morgan fingerprint density at radius 3 is 1.48 bits per heavy atom. The van der Waals surface area contributed by atoms with E-state index in [4.69, 9.17) is 9.47 Å². The molecule has 0 fully saturated rings. The standard InChI is InChI=1S/C23H34N2O4/c1-23(2,17-24-13-19(26)15-28-21-9-5-3-6-10-21)18-25-14-20(27)16-29-22-11-7-4-8-12-22/h3-12,19-20,24-27H,13-18H2,1-2H3/t19-,20+. The van der Waals surface area contributed by atoms with Crippen molar-refractivity contribution in [1.29, 1.82) is 0 Å². The van der Waals surface area contributed by atoms with Crippen molar-refractivity contribution < 1.29 is 19.7 Å². The number of nitrogens with one attached hydrogen (secondary N) is 2. The Balaban J connectivity index is 1.54. The van der Waals surface area contributed by atoms with E-state index in [-0.39, 0.29) is 18.6 Å². The zero-order valence-corrected chi connectivity index (χ0v) is 17.4. The first kappa shape index (κ1) is 23.2. The minimum Gasteiger partial charge on any atom is -0.491 e. The molecular formula is C23H34N2O4. The zero-order valence-electron chi connectivity index (χ0n) is 17.4. The van der Waals surface area contributed by atoms with Gasteiger partial charge >= 0.3 is 0 Å². The van der Waals surface area contributed by atoms with Crippen LogP contribution in [0.3, 0.4) is 0 Å². The van der Waals surface area contributed by atoms with Crippen molar-refractivity contribution in [3.05, 3.63) is 60.7 Å². The molecule has 0 saturated carbocycles. The van der Waals surface area contributed by atoms with Crippen LogP contribution in [0, 0.1) is 5.41 Å². The smallest absolute Gasteiger partial charge is 0.119 e. The van der Waals surface area contributed by atoms with E-state index in [1.54, 1.807) is 0 Å². The van der Waals surface area contributed by atoms with Gasteiger partial charge in [0.25, 0.3) is 0 Å². The van der Waals surface area contributed by atoms with Crippen molar-refractivity contribution in [3.63, 3.8) is 0 Å². The Morgan fingerprint density at radius 2 is 1.10 bits per heavy atom. The van der Waals surface area contributed by atoms with Crippen molar-refractivity contribution in [2.75, 3.05) is 39.4 Å². The third kappa shape index (κ3) is 10.3. The average molecular weight is 403 g/mol. The molecule has 0 aliphatic rings. The number of para-hydroxylation sites is 2. The first-order chi connectivity index (χ1) is 13.9. The van der Waals surface area contributed by atoms with Crippen LogP contribution in [0.15, 0.2) is 60.7 Å². The highest BCUT2D eigenvalue weighted by molar-refractivity contribution is 5.21. The molecule has 0 radical (unpaired) electrons. The van der Waals surface area contributed by atoms with E-state index < -0.39 is 12.2 Å². The Hall–Kier alpha value is -2.12. The summed E-state index contributed by atoms with van der Waals surface area (Å²) in [4.78, 5) is 0. The molecule has 0 spiro atoms. The molecule has 6 heteroatoms. The Morgan fingerprint density at radius 1 is 0.724 bits per heavy atom. The Kier molecular flexibility index (Phi) is 9.94. The van der Waals surface area contributed by atoms with Gasteiger partial charge in [-0.2, -0.15) is 0 Å². The fraction of sp³-hybridized carbons (Fsp3) is 0.478. The van der Waals surface area contributed by atoms with Gasteiger partial charge in [-0.05, 0) is 29.7 Å². The quantitative estimate of drug-likeness (QED) is 0.387. The van der Waals surface area contributed by atoms with Crippen molar-refractivity contribution >= 4 is 0 Å². The molecule has 6 nitrogen and oxygen atoms in total. The fourth-order valence-electron chi connectivity index (χ4n) is 2.75. The summed E-state index contributed by atoms with van der Waals surface area (Å²) in [5.41, 5.74) is -0.0278. The molecule has 4 N–H and O–H groups in total. The third-order valence-corrected chi connectivity index (χ3v) is 4.34. The summed E-state index contributed by atoms with van der Waals surface area (Å²) >= 11 is 0. The van der Waals surface area contributed by atoms with Gasteiger partial charge in [0.05, 0.1) is 0 Å². The van der Waals surface area contributed by atoms with E-state index in [1.807, 2.05) is 60.7 Å². The summed E-state index contributed by atoms with van der Waals surface area (Å²) in [5.74, 6) is 1.51. The molecule has 0 aliphatic carbocycles. The van der Waals surface area contributed by atoms with Gasteiger partial charge in [-0.15, -0.1) is 0 Å². The maximum absolute atomic E-state index is 10.1. The van der Waals surface area contributed by atoms with E-state index >= 15 is 0 Å². The molecule has 0 unspecified atom stereocenters. The lowest BCUT2D eigenvalue weighted by molar-refractivity contribution is 0.0992. The highest BCUT2D eigenvalue weighted by Crippen LogP contribution is 2.12. The second kappa shape index (κ2) is 12.4. The third-order valence-electron chi connectivity index (χ3n) is 4.34. The minimum absolute atomic E-state index is 0.0278. The highest BCUT2D eigenvalue weighted by atomic mass is 16.5. The Bertz CT molecular complexity index is 610. The van der Waals surface area contributed by atoms with Gasteiger partial charge in [-0.1, -0.05) is 50.2 Å². The predicted molar refractivity (Wildman–Crippen MR) is 115 cm³/mol. The van der Waals surface area contributed by atoms with E-state index in [9.17, 15) is 10.2 Å². The first-order valence-corrected chi connectivity index (χ1v) is 10.1. The number of hydrogen-bond acceptors (Lipinski definition) is 6. The molecular weight excluding hydrogens is 368 g/mol. The van der Waals surface area contributed by atoms with Gasteiger partial charge < -0.3 is 30.3 Å². The van der Waals surface area contributed by atoms with Gasteiger partial charge in [-0.25, -0.2) is 0 Å². The van der Waals surface area contributed by atoms with Crippen LogP contribution >= 0.6 is 0 Å². The largest absolute Gasteiger partial charge is 0.491 e. The number of hydrogen-bond donors (Lipinski definition) is 4. The highest BCUT2D eigenvalue weighted by Gasteiger charge is 2.18. The van der Waals surface area contributed by atoms with Crippen LogP contribution in [0.2, 0.25) is 0 Å². The molecule has 160 valence electrons. The van der Waals surface area contributed by atoms with Crippen LogP contribution in [0.5, 0.6) is 11.5 Å². The van der Waals surface area contributed by atoms with Crippen LogP contribution < -0.4 is 20.1 Å². The number of aliphatic hydroxyl groups is 2. The summed E-state index contributed by atoms with van der Waals surface area (Å²) in [5, 5.41) is 26.7. The summed E-state index contributed by atoms with van der Waals surface area (Å²) in [6.07, 6.45) is -1.15. The van der Waals surface area contributed by atoms with E-state index in [2.05, 4.69) is 24.5 Å². The van der Waals surface area contributed by atoms with Crippen LogP contribution in [-0.2, 0) is 0 Å². The molecule has 2 atom stereocenters. The van der Waals surface area contributed by atoms with Crippen LogP contribution in [-0.4, -0.2) is 61.8 Å². The van der Waals surface area contributed by atoms with Crippen LogP contribution in [0.1, 0.15) is 13.8 Å². The Labute approximate surface area is 173 Å². The van der Waals surface area contributed by atoms with E-state index in [0.717, 1.165) is 24.6 Å². The molecule has 0 heterocycles. The van der Waals surface area contributed by atoms with Crippen LogP contribution in [0.25, 0.3) is 0 Å². The van der Waals surface area contributed by atoms with Gasteiger partial charge in [0, 0.05) is 26.2 Å². The maximum atomic E-state index is 10.1. The molecule has 0 bridgehead atoms. The lowest BCUT2D eigenvalue weighted by Gasteiger charge is -2.27. The van der Waals surface area contributed by atoms with Crippen molar-refractivity contribution in [2.24, 2.45) is 5.41 Å². The molecule has 0 aliphatic heterocycles. The first-order valence-electron chi connectivity index (χ1n) is 10.1. The molecule has 0 aromatic heterocycles. The minimum atomic E-state index is -0.573. The molecule has 0 amide bonds. The molecule has 0 saturated heterocycles. The number of benzene rings is 2. The van der Waals surface area contributed by atoms with Crippen molar-refractivity contribution in [1.82, 2.24) is 10.6 Å². The maximum Gasteiger partial charge on any atom is 0.119 e. The summed E-state index contributed by atoms with van der Waals surface area (Å²) in [6, 6.07) is 18.9. The number of aliphatic hydroxyl groups excluding tert-OH is 2. The fourth-order valence-corrected chi connectivity index (χ4v) is 2.75. The van der Waals surface area contributed by atoms with Gasteiger partial charge in [-0.3, -0.25) is 0 Å². The predicted octanol–water partition coefficient (Wildman–Crippen LogP) is 2.07. The van der Waals surface area contributed by atoms with E-state index in [1.165, 1.54) is 0 Å². The van der Waals surface area contributed by atoms with E-state index in [0.29, 0.717) is 13.1 Å². The SMILES string of the molecule is CC(C)(CNC[C@@H](O)COc1ccccc1)CNC[C@H](O)COc1ccccc1. The summed E-state index contributed by atoms with van der Waals surface area (Å²) in [6.45, 7) is 7.16. The topological polar surface area (TPSA) is 83.0 Å². The summed E-state index contributed by atoms with van der Waals surface area (Å²) in [7, 11) is 0. The lowest BCUT2D eigenvalue weighted by Crippen LogP contribution is -2.43. The van der Waals surface area contributed by atoms with Gasteiger partial charge in [0.15, 0.2) is 0 Å². The van der Waals surface area contributed by atoms with Crippen LogP contribution in [0.4, 0.5) is 0 Å². The summed E-state index contributed by atoms with van der Waals surface area (Å²) < 4.78 is 11.1. The van der Waals surface area contributed by atoms with Gasteiger partial charge in [0.2, 0.25) is 0 Å². The molecule has 2 aromatic carbocycles. The normalized spacial score (nSPS) is 13.7. The molecule has 29 heavy (non-hydrogen) atoms. The molecule has 2 rings (SSSR count). The number of rotatable bonds is 14. The number of ether oxygens (including phenoxy) is 2. The van der Waals surface area contributed by atoms with Gasteiger partial charge in [0.1, 0.15) is 36.9 Å². The lowest BCUT2D eigenvalue weighted by atomic mass is 9.93. The molecule has 2 aromatic rings. The average Bonchev–Trinajstić information content (AvgIpc) is 2.72. The monoisotopic (exact) mass is 402 g/mol. The second-order valence-electron chi connectivity index (χ2n) is 7.98. The van der Waals surface area contributed by atoms with Crippen molar-refractivity contribution in [2.45, 2.75) is 26.1 Å². The van der Waals surface area contributed by atoms with Crippen molar-refractivity contribution in [3.8, 4) is 11.5 Å².